The van der Waals surface area contributed by atoms with Gasteiger partial charge in [0, 0.05) is 32.7 Å². The molecule has 6 heteroatoms. The third-order valence-electron chi connectivity index (χ3n) is 2.90. The van der Waals surface area contributed by atoms with Crippen molar-refractivity contribution in [2.75, 3.05) is 27.2 Å². The topological polar surface area (TPSA) is 63.1 Å². The second-order valence-corrected chi connectivity index (χ2v) is 4.25. The molecular weight excluding hydrogens is 230 g/mol. The largest absolute Gasteiger partial charge is 0.340 e. The minimum atomic E-state index is -0.00203. The number of hydrogen-bond acceptors (Lipinski definition) is 4. The Hall–Kier alpha value is -1.95. The van der Waals surface area contributed by atoms with E-state index in [-0.39, 0.29) is 5.91 Å². The second kappa shape index (κ2) is 5.14. The molecule has 0 bridgehead atoms. The minimum absolute atomic E-state index is 0.00203. The molecule has 0 atom stereocenters. The number of fused-ring (bicyclic) bond motifs is 1. The zero-order chi connectivity index (χ0) is 13.1. The van der Waals surface area contributed by atoms with Crippen LogP contribution in [0.4, 0.5) is 0 Å². The summed E-state index contributed by atoms with van der Waals surface area (Å²) in [5.41, 5.74) is 2.30. The lowest BCUT2D eigenvalue weighted by Gasteiger charge is -2.16. The van der Waals surface area contributed by atoms with Crippen LogP contribution >= 0.6 is 0 Å². The van der Waals surface area contributed by atoms with E-state index in [9.17, 15) is 4.79 Å². The van der Waals surface area contributed by atoms with Gasteiger partial charge in [-0.2, -0.15) is 0 Å². The number of nitrogens with zero attached hydrogens (tertiary/aromatic N) is 4. The first-order valence-corrected chi connectivity index (χ1v) is 5.83. The van der Waals surface area contributed by atoms with Gasteiger partial charge in [0.25, 0.3) is 5.91 Å². The van der Waals surface area contributed by atoms with E-state index in [2.05, 4.69) is 15.6 Å². The molecular formula is C12H17N5O. The van der Waals surface area contributed by atoms with E-state index in [0.29, 0.717) is 12.1 Å². The van der Waals surface area contributed by atoms with E-state index in [4.69, 9.17) is 0 Å². The predicted octanol–water partition coefficient (Wildman–Crippen LogP) is 0.260. The van der Waals surface area contributed by atoms with Gasteiger partial charge in [0.15, 0.2) is 0 Å². The quantitative estimate of drug-likeness (QED) is 0.842. The highest BCUT2D eigenvalue weighted by Crippen LogP contribution is 2.13. The molecule has 2 aromatic rings. The molecule has 1 N–H and O–H groups in total. The van der Waals surface area contributed by atoms with Crippen molar-refractivity contribution in [3.63, 3.8) is 0 Å². The van der Waals surface area contributed by atoms with Gasteiger partial charge < -0.3 is 10.2 Å². The van der Waals surface area contributed by atoms with E-state index in [1.807, 2.05) is 26.2 Å². The molecule has 6 nitrogen and oxygen atoms in total. The Morgan fingerprint density at radius 2 is 2.28 bits per heavy atom. The van der Waals surface area contributed by atoms with Gasteiger partial charge in [0.1, 0.15) is 5.52 Å². The molecule has 2 rings (SSSR count). The van der Waals surface area contributed by atoms with E-state index in [1.165, 1.54) is 0 Å². The van der Waals surface area contributed by atoms with Crippen LogP contribution < -0.4 is 5.32 Å². The summed E-state index contributed by atoms with van der Waals surface area (Å²) in [5.74, 6) is -0.00203. The Labute approximate surface area is 106 Å². The third kappa shape index (κ3) is 2.33. The molecule has 1 aromatic carbocycles. The number of rotatable bonds is 4. The summed E-state index contributed by atoms with van der Waals surface area (Å²) < 4.78 is 1.69. The van der Waals surface area contributed by atoms with Gasteiger partial charge in [-0.3, -0.25) is 4.79 Å². The highest BCUT2D eigenvalue weighted by molar-refractivity contribution is 5.97. The van der Waals surface area contributed by atoms with Crippen molar-refractivity contribution in [2.45, 2.75) is 0 Å². The van der Waals surface area contributed by atoms with Crippen molar-refractivity contribution < 1.29 is 4.79 Å². The number of aryl methyl sites for hydroxylation is 1. The van der Waals surface area contributed by atoms with Crippen LogP contribution in [0.1, 0.15) is 10.4 Å². The molecule has 1 aromatic heterocycles. The number of amides is 1. The summed E-state index contributed by atoms with van der Waals surface area (Å²) in [5, 5.41) is 11.0. The Kier molecular flexibility index (Phi) is 3.57. The lowest BCUT2D eigenvalue weighted by atomic mass is 10.2. The highest BCUT2D eigenvalue weighted by Gasteiger charge is 2.12. The van der Waals surface area contributed by atoms with Crippen molar-refractivity contribution in [3.05, 3.63) is 23.8 Å². The number of hydrogen-bond donors (Lipinski definition) is 1. The van der Waals surface area contributed by atoms with Gasteiger partial charge in [-0.25, -0.2) is 4.68 Å². The number of benzene rings is 1. The van der Waals surface area contributed by atoms with Gasteiger partial charge in [-0.1, -0.05) is 5.21 Å². The Bertz CT molecular complexity index is 563. The smallest absolute Gasteiger partial charge is 0.253 e. The van der Waals surface area contributed by atoms with Crippen LogP contribution in [0.3, 0.4) is 0 Å². The van der Waals surface area contributed by atoms with Crippen molar-refractivity contribution >= 4 is 16.9 Å². The van der Waals surface area contributed by atoms with E-state index >= 15 is 0 Å². The maximum Gasteiger partial charge on any atom is 0.253 e. The summed E-state index contributed by atoms with van der Waals surface area (Å²) in [7, 11) is 5.49. The predicted molar refractivity (Wildman–Crippen MR) is 69.4 cm³/mol. The molecule has 0 saturated carbocycles. The summed E-state index contributed by atoms with van der Waals surface area (Å²) in [6.45, 7) is 1.45. The molecule has 1 heterocycles. The fraction of sp³-hybridized carbons (Fsp3) is 0.417. The second-order valence-electron chi connectivity index (χ2n) is 4.25. The first-order chi connectivity index (χ1) is 8.63. The monoisotopic (exact) mass is 247 g/mol. The van der Waals surface area contributed by atoms with Gasteiger partial charge in [0.05, 0.1) is 5.52 Å². The number of nitrogens with one attached hydrogen (secondary N) is 1. The van der Waals surface area contributed by atoms with Gasteiger partial charge in [0.2, 0.25) is 0 Å². The molecule has 0 aliphatic rings. The average molecular weight is 247 g/mol. The molecule has 18 heavy (non-hydrogen) atoms. The maximum atomic E-state index is 12.1. The molecule has 0 radical (unpaired) electrons. The summed E-state index contributed by atoms with van der Waals surface area (Å²) in [6.07, 6.45) is 0. The normalized spacial score (nSPS) is 10.8. The Morgan fingerprint density at radius 3 is 3.00 bits per heavy atom. The zero-order valence-corrected chi connectivity index (χ0v) is 10.8. The van der Waals surface area contributed by atoms with Crippen molar-refractivity contribution in [1.29, 1.82) is 0 Å². The standard InChI is InChI=1S/C12H17N5O/c1-13-6-7-16(2)12(18)9-4-5-11-10(8-9)14-15-17(11)3/h4-5,8,13H,6-7H2,1-3H3. The molecule has 0 spiro atoms. The molecule has 0 unspecified atom stereocenters. The third-order valence-corrected chi connectivity index (χ3v) is 2.90. The first-order valence-electron chi connectivity index (χ1n) is 5.83. The number of likely N-dealkylation sites (N-methyl/N-ethyl adjacent to an activating group) is 2. The van der Waals surface area contributed by atoms with Gasteiger partial charge >= 0.3 is 0 Å². The van der Waals surface area contributed by atoms with Gasteiger partial charge in [-0.05, 0) is 25.2 Å². The van der Waals surface area contributed by atoms with E-state index in [0.717, 1.165) is 17.6 Å². The fourth-order valence-corrected chi connectivity index (χ4v) is 1.78. The summed E-state index contributed by atoms with van der Waals surface area (Å²) >= 11 is 0. The number of carbonyl (C=O) groups is 1. The van der Waals surface area contributed by atoms with E-state index in [1.54, 1.807) is 22.7 Å². The fourth-order valence-electron chi connectivity index (χ4n) is 1.78. The lowest BCUT2D eigenvalue weighted by Crippen LogP contribution is -2.32. The van der Waals surface area contributed by atoms with Crippen molar-refractivity contribution in [3.8, 4) is 0 Å². The van der Waals surface area contributed by atoms with Crippen LogP contribution in [0.15, 0.2) is 18.2 Å². The molecule has 0 aliphatic carbocycles. The minimum Gasteiger partial charge on any atom is -0.340 e. The number of aromatic nitrogens is 3. The van der Waals surface area contributed by atoms with E-state index < -0.39 is 0 Å². The SMILES string of the molecule is CNCCN(C)C(=O)c1ccc2c(c1)nnn2C. The average Bonchev–Trinajstić information content (AvgIpc) is 2.76. The Morgan fingerprint density at radius 1 is 1.50 bits per heavy atom. The molecule has 1 amide bonds. The zero-order valence-electron chi connectivity index (χ0n) is 10.8. The molecule has 0 fully saturated rings. The molecule has 96 valence electrons. The van der Waals surface area contributed by atoms with Crippen LogP contribution in [0.25, 0.3) is 11.0 Å². The van der Waals surface area contributed by atoms with Crippen LogP contribution in [-0.2, 0) is 7.05 Å². The highest BCUT2D eigenvalue weighted by atomic mass is 16.2. The van der Waals surface area contributed by atoms with Gasteiger partial charge in [-0.15, -0.1) is 5.10 Å². The summed E-state index contributed by atoms with van der Waals surface area (Å²) in [4.78, 5) is 13.8. The van der Waals surface area contributed by atoms with Crippen molar-refractivity contribution in [2.24, 2.45) is 7.05 Å². The number of carbonyl (C=O) groups excluding carboxylic acids is 1. The van der Waals surface area contributed by atoms with Crippen LogP contribution in [0.5, 0.6) is 0 Å². The van der Waals surface area contributed by atoms with Crippen LogP contribution in [-0.4, -0.2) is 53.0 Å². The molecule has 0 aliphatic heterocycles. The first kappa shape index (κ1) is 12.5. The van der Waals surface area contributed by atoms with Crippen LogP contribution in [0.2, 0.25) is 0 Å². The lowest BCUT2D eigenvalue weighted by molar-refractivity contribution is 0.0797. The maximum absolute atomic E-state index is 12.1. The Balaban J connectivity index is 2.22. The van der Waals surface area contributed by atoms with Crippen molar-refractivity contribution in [1.82, 2.24) is 25.2 Å². The van der Waals surface area contributed by atoms with Crippen LogP contribution in [0, 0.1) is 0 Å². The summed E-state index contributed by atoms with van der Waals surface area (Å²) in [6, 6.07) is 5.46. The molecule has 0 saturated heterocycles.